The number of alkyl halides is 1. The molecule has 0 aliphatic heterocycles. The topological polar surface area (TPSA) is 17.8 Å². The number of nitrogens with zero attached hydrogens (tertiary/aromatic N) is 2. The molecule has 2 aromatic rings. The van der Waals surface area contributed by atoms with Gasteiger partial charge in [0.2, 0.25) is 0 Å². The van der Waals surface area contributed by atoms with Gasteiger partial charge in [0.25, 0.3) is 0 Å². The second-order valence-electron chi connectivity index (χ2n) is 5.06. The fourth-order valence-electron chi connectivity index (χ4n) is 2.60. The largest absolute Gasteiger partial charge is 0.325 e. The van der Waals surface area contributed by atoms with E-state index in [2.05, 4.69) is 36.6 Å². The summed E-state index contributed by atoms with van der Waals surface area (Å²) in [5.74, 6) is 2.57. The van der Waals surface area contributed by atoms with Crippen molar-refractivity contribution in [2.75, 3.05) is 5.88 Å². The highest BCUT2D eigenvalue weighted by atomic mass is 35.5. The summed E-state index contributed by atoms with van der Waals surface area (Å²) in [6.45, 7) is 4.43. The predicted molar refractivity (Wildman–Crippen MR) is 71.7 cm³/mol. The molecule has 1 saturated carbocycles. The third kappa shape index (κ3) is 1.75. The van der Waals surface area contributed by atoms with Crippen LogP contribution in [0.1, 0.15) is 30.8 Å². The van der Waals surface area contributed by atoms with Crippen molar-refractivity contribution < 1.29 is 0 Å². The Kier molecular flexibility index (Phi) is 2.62. The van der Waals surface area contributed by atoms with Gasteiger partial charge in [-0.15, -0.1) is 11.6 Å². The zero-order valence-corrected chi connectivity index (χ0v) is 11.0. The van der Waals surface area contributed by atoms with E-state index in [-0.39, 0.29) is 0 Å². The SMILES string of the molecule is Cc1cccc2c1nc(CCCl)n2C1CC1C. The number of halogens is 1. The lowest BCUT2D eigenvalue weighted by Gasteiger charge is -2.07. The summed E-state index contributed by atoms with van der Waals surface area (Å²) in [4.78, 5) is 4.78. The van der Waals surface area contributed by atoms with E-state index in [4.69, 9.17) is 16.6 Å². The number of hydrogen-bond donors (Lipinski definition) is 0. The predicted octanol–water partition coefficient (Wildman–Crippen LogP) is 3.71. The Hall–Kier alpha value is -1.02. The second kappa shape index (κ2) is 4.02. The molecule has 0 amide bonds. The van der Waals surface area contributed by atoms with E-state index in [9.17, 15) is 0 Å². The van der Waals surface area contributed by atoms with Gasteiger partial charge in [-0.25, -0.2) is 4.98 Å². The van der Waals surface area contributed by atoms with Crippen LogP contribution >= 0.6 is 11.6 Å². The van der Waals surface area contributed by atoms with Gasteiger partial charge in [-0.2, -0.15) is 0 Å². The Labute approximate surface area is 107 Å². The van der Waals surface area contributed by atoms with Crippen molar-refractivity contribution in [3.63, 3.8) is 0 Å². The fourth-order valence-corrected chi connectivity index (χ4v) is 2.77. The Morgan fingerprint density at radius 1 is 1.47 bits per heavy atom. The lowest BCUT2D eigenvalue weighted by molar-refractivity contribution is 0.665. The summed E-state index contributed by atoms with van der Waals surface area (Å²) in [5, 5.41) is 0. The minimum Gasteiger partial charge on any atom is -0.325 e. The molecule has 1 aliphatic carbocycles. The molecule has 17 heavy (non-hydrogen) atoms. The van der Waals surface area contributed by atoms with Crippen molar-refractivity contribution in [3.05, 3.63) is 29.6 Å². The standard InChI is InChI=1S/C14H17ClN2/c1-9-4-3-5-11-14(9)16-13(6-7-15)17(11)12-8-10(12)2/h3-5,10,12H,6-8H2,1-2H3. The Balaban J connectivity index is 2.20. The Bertz CT molecular complexity index is 559. The molecule has 0 spiro atoms. The number of benzene rings is 1. The highest BCUT2D eigenvalue weighted by Crippen LogP contribution is 2.45. The number of rotatable bonds is 3. The molecule has 1 aliphatic rings. The van der Waals surface area contributed by atoms with E-state index in [0.717, 1.165) is 23.7 Å². The zero-order chi connectivity index (χ0) is 12.0. The van der Waals surface area contributed by atoms with Gasteiger partial charge in [0.05, 0.1) is 11.0 Å². The van der Waals surface area contributed by atoms with Gasteiger partial charge in [0.15, 0.2) is 0 Å². The van der Waals surface area contributed by atoms with E-state index >= 15 is 0 Å². The summed E-state index contributed by atoms with van der Waals surface area (Å²) in [5.41, 5.74) is 3.68. The summed E-state index contributed by atoms with van der Waals surface area (Å²) in [6, 6.07) is 7.06. The molecule has 2 atom stereocenters. The van der Waals surface area contributed by atoms with Gasteiger partial charge in [0, 0.05) is 18.3 Å². The van der Waals surface area contributed by atoms with Gasteiger partial charge < -0.3 is 4.57 Å². The van der Waals surface area contributed by atoms with Crippen LogP contribution in [0.25, 0.3) is 11.0 Å². The van der Waals surface area contributed by atoms with E-state index in [1.165, 1.54) is 17.5 Å². The van der Waals surface area contributed by atoms with Crippen LogP contribution in [0.5, 0.6) is 0 Å². The monoisotopic (exact) mass is 248 g/mol. The Morgan fingerprint density at radius 3 is 2.88 bits per heavy atom. The van der Waals surface area contributed by atoms with Crippen LogP contribution in [0.4, 0.5) is 0 Å². The molecule has 1 aromatic heterocycles. The van der Waals surface area contributed by atoms with Crippen molar-refractivity contribution in [1.82, 2.24) is 9.55 Å². The molecule has 0 radical (unpaired) electrons. The van der Waals surface area contributed by atoms with Crippen LogP contribution < -0.4 is 0 Å². The highest BCUT2D eigenvalue weighted by molar-refractivity contribution is 6.17. The molecule has 0 saturated heterocycles. The third-order valence-electron chi connectivity index (χ3n) is 3.71. The normalized spacial score (nSPS) is 23.2. The molecular weight excluding hydrogens is 232 g/mol. The van der Waals surface area contributed by atoms with Crippen molar-refractivity contribution in [2.45, 2.75) is 32.7 Å². The van der Waals surface area contributed by atoms with Gasteiger partial charge in [0.1, 0.15) is 5.82 Å². The average Bonchev–Trinajstić information content (AvgIpc) is 2.89. The van der Waals surface area contributed by atoms with Crippen LogP contribution in [-0.4, -0.2) is 15.4 Å². The van der Waals surface area contributed by atoms with Crippen molar-refractivity contribution >= 4 is 22.6 Å². The maximum atomic E-state index is 5.88. The quantitative estimate of drug-likeness (QED) is 0.758. The van der Waals surface area contributed by atoms with Crippen LogP contribution in [0.2, 0.25) is 0 Å². The van der Waals surface area contributed by atoms with Gasteiger partial charge in [-0.3, -0.25) is 0 Å². The van der Waals surface area contributed by atoms with Gasteiger partial charge in [-0.05, 0) is 30.9 Å². The molecule has 0 N–H and O–H groups in total. The van der Waals surface area contributed by atoms with Gasteiger partial charge >= 0.3 is 0 Å². The maximum absolute atomic E-state index is 5.88. The molecule has 2 unspecified atom stereocenters. The molecule has 1 heterocycles. The van der Waals surface area contributed by atoms with Crippen LogP contribution in [0.15, 0.2) is 18.2 Å². The smallest absolute Gasteiger partial charge is 0.111 e. The molecular formula is C14H17ClN2. The fraction of sp³-hybridized carbons (Fsp3) is 0.500. The van der Waals surface area contributed by atoms with E-state index in [1.54, 1.807) is 0 Å². The summed E-state index contributed by atoms with van der Waals surface area (Å²) < 4.78 is 2.41. The molecule has 0 bridgehead atoms. The minimum absolute atomic E-state index is 0.639. The van der Waals surface area contributed by atoms with Crippen molar-refractivity contribution in [1.29, 1.82) is 0 Å². The first-order chi connectivity index (χ1) is 8.22. The van der Waals surface area contributed by atoms with Crippen LogP contribution in [-0.2, 0) is 6.42 Å². The van der Waals surface area contributed by atoms with Crippen molar-refractivity contribution in [3.8, 4) is 0 Å². The number of aryl methyl sites for hydroxylation is 2. The second-order valence-corrected chi connectivity index (χ2v) is 5.44. The van der Waals surface area contributed by atoms with E-state index < -0.39 is 0 Å². The molecule has 2 nitrogen and oxygen atoms in total. The number of para-hydroxylation sites is 1. The highest BCUT2D eigenvalue weighted by Gasteiger charge is 2.36. The molecule has 3 heteroatoms. The summed E-state index contributed by atoms with van der Waals surface area (Å²) in [7, 11) is 0. The number of fused-ring (bicyclic) bond motifs is 1. The number of aromatic nitrogens is 2. The maximum Gasteiger partial charge on any atom is 0.111 e. The first kappa shape index (κ1) is 11.1. The first-order valence-electron chi connectivity index (χ1n) is 6.24. The zero-order valence-electron chi connectivity index (χ0n) is 10.3. The molecule has 3 rings (SSSR count). The molecule has 90 valence electrons. The Morgan fingerprint density at radius 2 is 2.24 bits per heavy atom. The van der Waals surface area contributed by atoms with Gasteiger partial charge in [-0.1, -0.05) is 19.1 Å². The molecule has 1 fully saturated rings. The minimum atomic E-state index is 0.639. The summed E-state index contributed by atoms with van der Waals surface area (Å²) >= 11 is 5.88. The van der Waals surface area contributed by atoms with E-state index in [0.29, 0.717) is 11.9 Å². The first-order valence-corrected chi connectivity index (χ1v) is 6.78. The van der Waals surface area contributed by atoms with Crippen LogP contribution in [0.3, 0.4) is 0 Å². The van der Waals surface area contributed by atoms with Crippen molar-refractivity contribution in [2.24, 2.45) is 5.92 Å². The lowest BCUT2D eigenvalue weighted by atomic mass is 10.2. The van der Waals surface area contributed by atoms with E-state index in [1.807, 2.05) is 0 Å². The molecule has 1 aromatic carbocycles. The lowest BCUT2D eigenvalue weighted by Crippen LogP contribution is -2.03. The average molecular weight is 249 g/mol. The van der Waals surface area contributed by atoms with Crippen LogP contribution in [0, 0.1) is 12.8 Å². The number of imidazole rings is 1. The third-order valence-corrected chi connectivity index (χ3v) is 3.90. The summed E-state index contributed by atoms with van der Waals surface area (Å²) in [6.07, 6.45) is 2.13. The number of hydrogen-bond acceptors (Lipinski definition) is 1.